The van der Waals surface area contributed by atoms with Gasteiger partial charge in [-0.2, -0.15) is 0 Å². The quantitative estimate of drug-likeness (QED) is 0.367. The van der Waals surface area contributed by atoms with Gasteiger partial charge in [0, 0.05) is 30.9 Å². The molecule has 1 fully saturated rings. The molecule has 0 atom stereocenters. The topological polar surface area (TPSA) is 56.7 Å². The monoisotopic (exact) mass is 492 g/mol. The average Bonchev–Trinajstić information content (AvgIpc) is 2.73. The minimum Gasteiger partial charge on any atom is -0.352 e. The van der Waals surface area contributed by atoms with Crippen LogP contribution in [0.2, 0.25) is 0 Å². The number of carbonyl (C=O) groups excluding carboxylic acids is 1. The van der Waals surface area contributed by atoms with E-state index in [0.29, 0.717) is 18.7 Å². The molecule has 2 aromatic rings. The largest absolute Gasteiger partial charge is 0.352 e. The highest BCUT2D eigenvalue weighted by atomic mass is 127. The van der Waals surface area contributed by atoms with Gasteiger partial charge in [-0.15, -0.1) is 24.0 Å². The van der Waals surface area contributed by atoms with E-state index in [1.54, 1.807) is 0 Å². The van der Waals surface area contributed by atoms with Crippen molar-refractivity contribution in [2.75, 3.05) is 25.0 Å². The van der Waals surface area contributed by atoms with Crippen molar-refractivity contribution < 1.29 is 4.79 Å². The molecule has 1 amide bonds. The molecule has 0 radical (unpaired) electrons. The van der Waals surface area contributed by atoms with Gasteiger partial charge in [0.1, 0.15) is 0 Å². The first-order chi connectivity index (χ1) is 13.3. The summed E-state index contributed by atoms with van der Waals surface area (Å²) in [6, 6.07) is 17.9. The number of nitrogens with one attached hydrogen (secondary N) is 2. The number of amides is 1. The summed E-state index contributed by atoms with van der Waals surface area (Å²) >= 11 is 0. The summed E-state index contributed by atoms with van der Waals surface area (Å²) < 4.78 is 0. The molecule has 0 aliphatic carbocycles. The van der Waals surface area contributed by atoms with Crippen LogP contribution < -0.4 is 10.6 Å². The Labute approximate surface area is 184 Å². The number of anilines is 1. The molecule has 1 heterocycles. The van der Waals surface area contributed by atoms with Gasteiger partial charge in [0.25, 0.3) is 5.91 Å². The van der Waals surface area contributed by atoms with Crippen LogP contribution in [-0.4, -0.2) is 36.4 Å². The highest BCUT2D eigenvalue weighted by Crippen LogP contribution is 2.14. The molecule has 0 bridgehead atoms. The lowest BCUT2D eigenvalue weighted by molar-refractivity contribution is 0.0956. The van der Waals surface area contributed by atoms with Crippen LogP contribution in [0.3, 0.4) is 0 Å². The second kappa shape index (κ2) is 11.7. The Hall–Kier alpha value is -2.09. The lowest BCUT2D eigenvalue weighted by atomic mass is 10.1. The molecule has 150 valence electrons. The van der Waals surface area contributed by atoms with Crippen molar-refractivity contribution in [2.45, 2.75) is 32.7 Å². The van der Waals surface area contributed by atoms with Gasteiger partial charge in [-0.25, -0.2) is 4.99 Å². The minimum atomic E-state index is -0.0349. The Morgan fingerprint density at radius 1 is 1.00 bits per heavy atom. The van der Waals surface area contributed by atoms with Gasteiger partial charge < -0.3 is 15.5 Å². The van der Waals surface area contributed by atoms with Crippen LogP contribution in [0.5, 0.6) is 0 Å². The third kappa shape index (κ3) is 6.51. The second-order valence-corrected chi connectivity index (χ2v) is 6.73. The fraction of sp³-hybridized carbons (Fsp3) is 0.364. The van der Waals surface area contributed by atoms with Crippen molar-refractivity contribution in [3.8, 4) is 0 Å². The molecular formula is C22H29IN4O. The Balaban J connectivity index is 0.00000280. The van der Waals surface area contributed by atoms with E-state index < -0.39 is 0 Å². The Kier molecular flexibility index (Phi) is 9.27. The Morgan fingerprint density at radius 2 is 1.68 bits per heavy atom. The number of halogens is 1. The third-order valence-electron chi connectivity index (χ3n) is 4.65. The first-order valence-corrected chi connectivity index (χ1v) is 9.75. The Morgan fingerprint density at radius 3 is 2.32 bits per heavy atom. The summed E-state index contributed by atoms with van der Waals surface area (Å²) in [4.78, 5) is 19.1. The van der Waals surface area contributed by atoms with Gasteiger partial charge in [0.2, 0.25) is 0 Å². The molecule has 1 aliphatic heterocycles. The van der Waals surface area contributed by atoms with Gasteiger partial charge >= 0.3 is 0 Å². The van der Waals surface area contributed by atoms with E-state index in [-0.39, 0.29) is 29.9 Å². The van der Waals surface area contributed by atoms with E-state index in [2.05, 4.69) is 27.7 Å². The van der Waals surface area contributed by atoms with Crippen LogP contribution in [0.4, 0.5) is 5.69 Å². The van der Waals surface area contributed by atoms with Crippen LogP contribution in [0.25, 0.3) is 0 Å². The molecule has 3 rings (SSSR count). The number of piperidine rings is 1. The van der Waals surface area contributed by atoms with Crippen LogP contribution in [-0.2, 0) is 6.54 Å². The van der Waals surface area contributed by atoms with E-state index in [9.17, 15) is 4.79 Å². The molecule has 0 unspecified atom stereocenters. The van der Waals surface area contributed by atoms with Crippen LogP contribution >= 0.6 is 24.0 Å². The van der Waals surface area contributed by atoms with Crippen molar-refractivity contribution in [1.82, 2.24) is 10.2 Å². The fourth-order valence-electron chi connectivity index (χ4n) is 3.17. The van der Waals surface area contributed by atoms with Gasteiger partial charge in [-0.3, -0.25) is 4.79 Å². The molecule has 0 aromatic heterocycles. The standard InChI is InChI=1S/C22H28N4O.HI/c1-2-23-21(27)19-13-11-18(12-14-19)17-24-22(26-15-7-4-8-16-26)25-20-9-5-3-6-10-20;/h3,5-6,9-14H,2,4,7-8,15-17H2,1H3,(H,23,27)(H,24,25);1H. The van der Waals surface area contributed by atoms with Crippen molar-refractivity contribution in [3.05, 3.63) is 65.7 Å². The number of hydrogen-bond donors (Lipinski definition) is 2. The van der Waals surface area contributed by atoms with E-state index >= 15 is 0 Å². The average molecular weight is 492 g/mol. The summed E-state index contributed by atoms with van der Waals surface area (Å²) in [6.45, 7) is 5.21. The van der Waals surface area contributed by atoms with Crippen LogP contribution in [0.15, 0.2) is 59.6 Å². The number of hydrogen-bond acceptors (Lipinski definition) is 2. The SMILES string of the molecule is CCNC(=O)c1ccc(CN=C(Nc2ccccc2)N2CCCCC2)cc1.I. The molecule has 6 heteroatoms. The number of likely N-dealkylation sites (tertiary alicyclic amines) is 1. The van der Waals surface area contributed by atoms with E-state index in [1.807, 2.05) is 49.4 Å². The molecule has 1 aliphatic rings. The zero-order chi connectivity index (χ0) is 18.9. The molecule has 28 heavy (non-hydrogen) atoms. The first-order valence-electron chi connectivity index (χ1n) is 9.75. The zero-order valence-corrected chi connectivity index (χ0v) is 18.7. The van der Waals surface area contributed by atoms with Crippen LogP contribution in [0, 0.1) is 0 Å². The molecule has 2 N–H and O–H groups in total. The maximum absolute atomic E-state index is 11.9. The second-order valence-electron chi connectivity index (χ2n) is 6.73. The van der Waals surface area contributed by atoms with Gasteiger partial charge in [-0.05, 0) is 56.0 Å². The predicted octanol–water partition coefficient (Wildman–Crippen LogP) is 4.51. The van der Waals surface area contributed by atoms with Crippen molar-refractivity contribution in [3.63, 3.8) is 0 Å². The van der Waals surface area contributed by atoms with Crippen molar-refractivity contribution in [2.24, 2.45) is 4.99 Å². The van der Waals surface area contributed by atoms with E-state index in [4.69, 9.17) is 4.99 Å². The minimum absolute atomic E-state index is 0. The smallest absolute Gasteiger partial charge is 0.251 e. The van der Waals surface area contributed by atoms with E-state index in [0.717, 1.165) is 30.3 Å². The summed E-state index contributed by atoms with van der Waals surface area (Å²) in [7, 11) is 0. The molecule has 5 nitrogen and oxygen atoms in total. The van der Waals surface area contributed by atoms with Gasteiger partial charge in [0.15, 0.2) is 5.96 Å². The van der Waals surface area contributed by atoms with E-state index in [1.165, 1.54) is 19.3 Å². The fourth-order valence-corrected chi connectivity index (χ4v) is 3.17. The lowest BCUT2D eigenvalue weighted by Crippen LogP contribution is -2.40. The van der Waals surface area contributed by atoms with Crippen LogP contribution in [0.1, 0.15) is 42.1 Å². The lowest BCUT2D eigenvalue weighted by Gasteiger charge is -2.30. The molecule has 1 saturated heterocycles. The highest BCUT2D eigenvalue weighted by molar-refractivity contribution is 14.0. The first kappa shape index (κ1) is 22.2. The number of carbonyl (C=O) groups is 1. The number of benzene rings is 2. The number of guanidine groups is 1. The number of rotatable bonds is 5. The number of nitrogens with zero attached hydrogens (tertiary/aromatic N) is 2. The molecular weight excluding hydrogens is 463 g/mol. The summed E-state index contributed by atoms with van der Waals surface area (Å²) in [6.07, 6.45) is 3.70. The summed E-state index contributed by atoms with van der Waals surface area (Å²) in [5.74, 6) is 0.890. The summed E-state index contributed by atoms with van der Waals surface area (Å²) in [5, 5.41) is 6.30. The zero-order valence-electron chi connectivity index (χ0n) is 16.4. The number of para-hydroxylation sites is 1. The maximum atomic E-state index is 11.9. The van der Waals surface area contributed by atoms with Gasteiger partial charge in [-0.1, -0.05) is 30.3 Å². The highest BCUT2D eigenvalue weighted by Gasteiger charge is 2.15. The van der Waals surface area contributed by atoms with Crippen molar-refractivity contribution in [1.29, 1.82) is 0 Å². The maximum Gasteiger partial charge on any atom is 0.251 e. The number of aliphatic imine (C=N–C) groups is 1. The normalized spacial score (nSPS) is 14.2. The van der Waals surface area contributed by atoms with Crippen molar-refractivity contribution >= 4 is 41.5 Å². The third-order valence-corrected chi connectivity index (χ3v) is 4.65. The molecule has 0 spiro atoms. The van der Waals surface area contributed by atoms with Gasteiger partial charge in [0.05, 0.1) is 6.54 Å². The summed E-state index contributed by atoms with van der Waals surface area (Å²) in [5.41, 5.74) is 2.82. The Bertz CT molecular complexity index is 756. The molecule has 2 aromatic carbocycles. The predicted molar refractivity (Wildman–Crippen MR) is 126 cm³/mol. The molecule has 0 saturated carbocycles.